The SMILES string of the molecule is O=Cc1ccc(-c2cc(OCC(=O)O)c(-c3ccc(C=O)c(O)c3)cc2OCC(=O)O)cc1O. The summed E-state index contributed by atoms with van der Waals surface area (Å²) in [6.07, 6.45) is 0.918. The number of hydrogen-bond acceptors (Lipinski definition) is 8. The maximum absolute atomic E-state index is 11.1. The molecule has 0 radical (unpaired) electrons. The molecule has 0 aromatic heterocycles. The van der Waals surface area contributed by atoms with Crippen LogP contribution in [-0.2, 0) is 9.59 Å². The summed E-state index contributed by atoms with van der Waals surface area (Å²) in [6, 6.07) is 11.0. The first-order chi connectivity index (χ1) is 16.2. The highest BCUT2D eigenvalue weighted by Crippen LogP contribution is 2.42. The molecule has 4 N–H and O–H groups in total. The van der Waals surface area contributed by atoms with Crippen molar-refractivity contribution in [2.24, 2.45) is 0 Å². The Morgan fingerprint density at radius 2 is 1.06 bits per heavy atom. The van der Waals surface area contributed by atoms with Gasteiger partial charge in [-0.2, -0.15) is 0 Å². The smallest absolute Gasteiger partial charge is 0.341 e. The largest absolute Gasteiger partial charge is 0.507 e. The second-order valence-electron chi connectivity index (χ2n) is 6.99. The Balaban J connectivity index is 2.24. The number of aldehydes is 2. The second-order valence-corrected chi connectivity index (χ2v) is 6.99. The van der Waals surface area contributed by atoms with Gasteiger partial charge in [0.1, 0.15) is 23.0 Å². The van der Waals surface area contributed by atoms with Crippen LogP contribution in [0.2, 0.25) is 0 Å². The van der Waals surface area contributed by atoms with Crippen molar-refractivity contribution in [3.05, 3.63) is 59.7 Å². The Labute approximate surface area is 192 Å². The van der Waals surface area contributed by atoms with Crippen LogP contribution in [0.25, 0.3) is 22.3 Å². The maximum atomic E-state index is 11.1. The molecule has 3 aromatic carbocycles. The maximum Gasteiger partial charge on any atom is 0.341 e. The predicted molar refractivity (Wildman–Crippen MR) is 118 cm³/mol. The molecule has 3 aromatic rings. The van der Waals surface area contributed by atoms with E-state index in [0.29, 0.717) is 23.7 Å². The van der Waals surface area contributed by atoms with Gasteiger partial charge in [0.2, 0.25) is 0 Å². The van der Waals surface area contributed by atoms with Gasteiger partial charge in [0.25, 0.3) is 0 Å². The molecule has 3 rings (SSSR count). The van der Waals surface area contributed by atoms with E-state index in [-0.39, 0.29) is 45.3 Å². The molecule has 10 heteroatoms. The van der Waals surface area contributed by atoms with E-state index in [1.807, 2.05) is 0 Å². The zero-order valence-electron chi connectivity index (χ0n) is 17.4. The lowest BCUT2D eigenvalue weighted by Crippen LogP contribution is -2.12. The molecule has 10 nitrogen and oxygen atoms in total. The Hall–Kier alpha value is -4.86. The van der Waals surface area contributed by atoms with Gasteiger partial charge in [0.15, 0.2) is 25.8 Å². The minimum absolute atomic E-state index is 0.0291. The first-order valence-electron chi connectivity index (χ1n) is 9.67. The molecule has 0 heterocycles. The van der Waals surface area contributed by atoms with Gasteiger partial charge in [0.05, 0.1) is 11.1 Å². The fraction of sp³-hybridized carbons (Fsp3) is 0.0833. The zero-order valence-corrected chi connectivity index (χ0v) is 17.4. The summed E-state index contributed by atoms with van der Waals surface area (Å²) >= 11 is 0. The van der Waals surface area contributed by atoms with Gasteiger partial charge in [-0.25, -0.2) is 9.59 Å². The molecule has 0 bridgehead atoms. The molecule has 0 unspecified atom stereocenters. The Bertz CT molecular complexity index is 1180. The monoisotopic (exact) mass is 466 g/mol. The summed E-state index contributed by atoms with van der Waals surface area (Å²) in [5, 5.41) is 38.3. The number of carbonyl (C=O) groups excluding carboxylic acids is 2. The number of benzene rings is 3. The molecular weight excluding hydrogens is 448 g/mol. The number of rotatable bonds is 10. The fourth-order valence-corrected chi connectivity index (χ4v) is 3.15. The van der Waals surface area contributed by atoms with E-state index in [1.54, 1.807) is 0 Å². The Morgan fingerprint density at radius 1 is 0.676 bits per heavy atom. The van der Waals surface area contributed by atoms with Crippen molar-refractivity contribution >= 4 is 24.5 Å². The van der Waals surface area contributed by atoms with E-state index in [4.69, 9.17) is 19.7 Å². The highest BCUT2D eigenvalue weighted by molar-refractivity contribution is 5.87. The minimum atomic E-state index is -1.26. The van der Waals surface area contributed by atoms with Crippen LogP contribution in [0.3, 0.4) is 0 Å². The standard InChI is InChI=1S/C24H18O10/c25-9-15-3-1-13(5-19(15)27)17-7-22(34-12-24(31)32)18(8-21(17)33-11-23(29)30)14-2-4-16(10-26)20(28)6-14/h1-10,27-28H,11-12H2,(H,29,30)(H,31,32). The van der Waals surface area contributed by atoms with Crippen LogP contribution in [0.4, 0.5) is 0 Å². The third-order valence-corrected chi connectivity index (χ3v) is 4.72. The van der Waals surface area contributed by atoms with Crippen molar-refractivity contribution in [1.82, 2.24) is 0 Å². The fourth-order valence-electron chi connectivity index (χ4n) is 3.15. The summed E-state index contributed by atoms with van der Waals surface area (Å²) < 4.78 is 10.9. The molecular formula is C24H18O10. The third kappa shape index (κ3) is 5.30. The van der Waals surface area contributed by atoms with Gasteiger partial charge in [-0.3, -0.25) is 9.59 Å². The average molecular weight is 466 g/mol. The molecule has 0 amide bonds. The number of phenols is 2. The van der Waals surface area contributed by atoms with Gasteiger partial charge in [-0.1, -0.05) is 12.1 Å². The second kappa shape index (κ2) is 10.2. The third-order valence-electron chi connectivity index (χ3n) is 4.72. The average Bonchev–Trinajstić information content (AvgIpc) is 2.81. The molecule has 0 aliphatic rings. The van der Waals surface area contributed by atoms with E-state index in [0.717, 1.165) is 0 Å². The molecule has 174 valence electrons. The Morgan fingerprint density at radius 3 is 1.35 bits per heavy atom. The number of carboxylic acid groups (broad SMARTS) is 2. The van der Waals surface area contributed by atoms with E-state index >= 15 is 0 Å². The number of carbonyl (C=O) groups is 4. The summed E-state index contributed by atoms with van der Waals surface area (Å²) in [5.74, 6) is -3.10. The summed E-state index contributed by atoms with van der Waals surface area (Å²) in [5.41, 5.74) is 1.20. The summed E-state index contributed by atoms with van der Waals surface area (Å²) in [6.45, 7) is -1.43. The molecule has 0 atom stereocenters. The topological polar surface area (TPSA) is 168 Å². The van der Waals surface area contributed by atoms with Crippen LogP contribution in [-0.4, -0.2) is 58.2 Å². The van der Waals surface area contributed by atoms with Gasteiger partial charge in [-0.15, -0.1) is 0 Å². The number of phenolic OH excluding ortho intramolecular Hbond substituents is 2. The molecule has 0 aliphatic heterocycles. The lowest BCUT2D eigenvalue weighted by molar-refractivity contribution is -0.140. The summed E-state index contributed by atoms with van der Waals surface area (Å²) in [4.78, 5) is 44.3. The van der Waals surface area contributed by atoms with Crippen molar-refractivity contribution in [3.63, 3.8) is 0 Å². The molecule has 0 spiro atoms. The number of ether oxygens (including phenoxy) is 2. The van der Waals surface area contributed by atoms with Gasteiger partial charge >= 0.3 is 11.9 Å². The predicted octanol–water partition coefficient (Wildman–Crippen LogP) is 2.98. The molecule has 0 fully saturated rings. The van der Waals surface area contributed by atoms with Crippen LogP contribution < -0.4 is 9.47 Å². The van der Waals surface area contributed by atoms with Crippen LogP contribution in [0.5, 0.6) is 23.0 Å². The van der Waals surface area contributed by atoms with Gasteiger partial charge in [-0.05, 0) is 47.5 Å². The van der Waals surface area contributed by atoms with E-state index in [2.05, 4.69) is 0 Å². The van der Waals surface area contributed by atoms with Crippen LogP contribution >= 0.6 is 0 Å². The van der Waals surface area contributed by atoms with Crippen LogP contribution in [0.15, 0.2) is 48.5 Å². The van der Waals surface area contributed by atoms with E-state index in [9.17, 15) is 29.4 Å². The highest BCUT2D eigenvalue weighted by Gasteiger charge is 2.19. The van der Waals surface area contributed by atoms with Crippen molar-refractivity contribution in [1.29, 1.82) is 0 Å². The Kier molecular flexibility index (Phi) is 7.12. The summed E-state index contributed by atoms with van der Waals surface area (Å²) in [7, 11) is 0. The van der Waals surface area contributed by atoms with Gasteiger partial charge < -0.3 is 29.9 Å². The number of carboxylic acids is 2. The molecule has 0 aliphatic carbocycles. The van der Waals surface area contributed by atoms with E-state index in [1.165, 1.54) is 48.5 Å². The number of hydrogen-bond donors (Lipinski definition) is 4. The van der Waals surface area contributed by atoms with Crippen LogP contribution in [0.1, 0.15) is 20.7 Å². The quantitative estimate of drug-likeness (QED) is 0.326. The molecule has 0 saturated heterocycles. The number of aromatic hydroxyl groups is 2. The van der Waals surface area contributed by atoms with Crippen LogP contribution in [0, 0.1) is 0 Å². The first-order valence-corrected chi connectivity index (χ1v) is 9.67. The van der Waals surface area contributed by atoms with Crippen molar-refractivity contribution in [2.45, 2.75) is 0 Å². The molecule has 0 saturated carbocycles. The minimum Gasteiger partial charge on any atom is -0.507 e. The zero-order chi connectivity index (χ0) is 24.8. The van der Waals surface area contributed by atoms with Crippen molar-refractivity contribution < 1.29 is 49.1 Å². The molecule has 34 heavy (non-hydrogen) atoms. The van der Waals surface area contributed by atoms with E-state index < -0.39 is 25.2 Å². The highest BCUT2D eigenvalue weighted by atomic mass is 16.5. The van der Waals surface area contributed by atoms with Crippen molar-refractivity contribution in [2.75, 3.05) is 13.2 Å². The number of aliphatic carboxylic acids is 2. The lowest BCUT2D eigenvalue weighted by atomic mass is 9.96. The lowest BCUT2D eigenvalue weighted by Gasteiger charge is -2.18. The van der Waals surface area contributed by atoms with Gasteiger partial charge in [0, 0.05) is 11.1 Å². The first kappa shape index (κ1) is 23.8. The normalized spacial score (nSPS) is 10.4. The van der Waals surface area contributed by atoms with Crippen molar-refractivity contribution in [3.8, 4) is 45.3 Å².